The van der Waals surface area contributed by atoms with Crippen LogP contribution >= 0.6 is 0 Å². The summed E-state index contributed by atoms with van der Waals surface area (Å²) in [5.74, 6) is -0.198. The van der Waals surface area contributed by atoms with Crippen molar-refractivity contribution in [3.8, 4) is 0 Å². The second-order valence-corrected chi connectivity index (χ2v) is 2.62. The van der Waals surface area contributed by atoms with Crippen LogP contribution in [0.1, 0.15) is 12.5 Å². The third-order valence-electron chi connectivity index (χ3n) is 1.66. The standard InChI is InChI=1S/C10H12FN.H3N/c1-8(7-12-2)9-3-5-10(11)6-4-9;/h3-7,12H,1-2H3;1H3/b8-7+;. The Morgan fingerprint density at radius 1 is 1.31 bits per heavy atom. The van der Waals surface area contributed by atoms with Crippen molar-refractivity contribution < 1.29 is 4.39 Å². The van der Waals surface area contributed by atoms with E-state index >= 15 is 0 Å². The molecule has 0 bridgehead atoms. The minimum Gasteiger partial charge on any atom is -0.394 e. The van der Waals surface area contributed by atoms with E-state index in [-0.39, 0.29) is 12.0 Å². The topological polar surface area (TPSA) is 47.0 Å². The number of hydrogen-bond donors (Lipinski definition) is 2. The van der Waals surface area contributed by atoms with Crippen molar-refractivity contribution in [2.24, 2.45) is 0 Å². The number of rotatable bonds is 2. The summed E-state index contributed by atoms with van der Waals surface area (Å²) in [7, 11) is 1.84. The van der Waals surface area contributed by atoms with Crippen molar-refractivity contribution >= 4 is 5.57 Å². The molecule has 0 aromatic heterocycles. The Morgan fingerprint density at radius 3 is 2.31 bits per heavy atom. The van der Waals surface area contributed by atoms with E-state index in [1.54, 1.807) is 12.1 Å². The molecule has 13 heavy (non-hydrogen) atoms. The first-order chi connectivity index (χ1) is 5.74. The molecule has 0 spiro atoms. The van der Waals surface area contributed by atoms with E-state index in [0.717, 1.165) is 11.1 Å². The highest BCUT2D eigenvalue weighted by atomic mass is 19.1. The van der Waals surface area contributed by atoms with Crippen LogP contribution < -0.4 is 11.5 Å². The second kappa shape index (κ2) is 5.32. The molecule has 0 radical (unpaired) electrons. The van der Waals surface area contributed by atoms with E-state index in [9.17, 15) is 4.39 Å². The fourth-order valence-corrected chi connectivity index (χ4v) is 1.01. The zero-order chi connectivity index (χ0) is 8.97. The second-order valence-electron chi connectivity index (χ2n) is 2.62. The molecule has 0 saturated carbocycles. The molecule has 2 nitrogen and oxygen atoms in total. The van der Waals surface area contributed by atoms with Gasteiger partial charge in [-0.15, -0.1) is 0 Å². The average Bonchev–Trinajstić information content (AvgIpc) is 2.06. The molecule has 0 aliphatic carbocycles. The molecular weight excluding hydrogens is 167 g/mol. The third-order valence-corrected chi connectivity index (χ3v) is 1.66. The molecule has 0 fully saturated rings. The maximum absolute atomic E-state index is 12.5. The molecule has 0 saturated heterocycles. The van der Waals surface area contributed by atoms with Crippen LogP contribution in [0.5, 0.6) is 0 Å². The lowest BCUT2D eigenvalue weighted by molar-refractivity contribution is 0.627. The fraction of sp³-hybridized carbons (Fsp3) is 0.200. The Kier molecular flexibility index (Phi) is 4.77. The Balaban J connectivity index is 0.00000144. The zero-order valence-corrected chi connectivity index (χ0v) is 7.97. The summed E-state index contributed by atoms with van der Waals surface area (Å²) in [4.78, 5) is 0. The highest BCUT2D eigenvalue weighted by Gasteiger charge is 1.94. The smallest absolute Gasteiger partial charge is 0.123 e. The normalized spacial score (nSPS) is 10.5. The fourth-order valence-electron chi connectivity index (χ4n) is 1.01. The molecule has 4 N–H and O–H groups in total. The number of allylic oxidation sites excluding steroid dienone is 1. The van der Waals surface area contributed by atoms with Gasteiger partial charge in [0.05, 0.1) is 0 Å². The van der Waals surface area contributed by atoms with E-state index in [4.69, 9.17) is 0 Å². The zero-order valence-electron chi connectivity index (χ0n) is 7.97. The first-order valence-electron chi connectivity index (χ1n) is 3.84. The lowest BCUT2D eigenvalue weighted by atomic mass is 10.1. The molecule has 0 aliphatic rings. The van der Waals surface area contributed by atoms with Gasteiger partial charge in [-0.25, -0.2) is 4.39 Å². The predicted molar refractivity (Wildman–Crippen MR) is 54.1 cm³/mol. The van der Waals surface area contributed by atoms with Gasteiger partial charge < -0.3 is 11.5 Å². The summed E-state index contributed by atoms with van der Waals surface area (Å²) in [6.45, 7) is 1.98. The number of nitrogens with one attached hydrogen (secondary N) is 1. The monoisotopic (exact) mass is 182 g/mol. The van der Waals surface area contributed by atoms with Crippen LogP contribution in [0.4, 0.5) is 4.39 Å². The summed E-state index contributed by atoms with van der Waals surface area (Å²) in [5, 5.41) is 2.92. The molecule has 1 rings (SSSR count). The minimum atomic E-state index is -0.198. The lowest BCUT2D eigenvalue weighted by Crippen LogP contribution is -1.94. The minimum absolute atomic E-state index is 0. The van der Waals surface area contributed by atoms with E-state index in [1.165, 1.54) is 12.1 Å². The summed E-state index contributed by atoms with van der Waals surface area (Å²) in [6, 6.07) is 6.45. The van der Waals surface area contributed by atoms with Gasteiger partial charge in [-0.3, -0.25) is 0 Å². The molecule has 1 aromatic rings. The molecule has 0 atom stereocenters. The van der Waals surface area contributed by atoms with E-state index in [2.05, 4.69) is 5.32 Å². The SMILES string of the molecule is CN/C=C(\C)c1ccc(F)cc1.N. The number of halogens is 1. The summed E-state index contributed by atoms with van der Waals surface area (Å²) in [5.41, 5.74) is 2.13. The van der Waals surface area contributed by atoms with Crippen LogP contribution in [0.2, 0.25) is 0 Å². The van der Waals surface area contributed by atoms with Gasteiger partial charge in [0, 0.05) is 7.05 Å². The molecular formula is C10H15FN2. The average molecular weight is 182 g/mol. The Labute approximate surface area is 78.1 Å². The van der Waals surface area contributed by atoms with Crippen LogP contribution in [0.3, 0.4) is 0 Å². The highest BCUT2D eigenvalue weighted by Crippen LogP contribution is 2.12. The van der Waals surface area contributed by atoms with Gasteiger partial charge in [-0.2, -0.15) is 0 Å². The van der Waals surface area contributed by atoms with Gasteiger partial charge in [0.2, 0.25) is 0 Å². The quantitative estimate of drug-likeness (QED) is 0.738. The van der Waals surface area contributed by atoms with Crippen molar-refractivity contribution in [2.75, 3.05) is 7.05 Å². The molecule has 0 unspecified atom stereocenters. The predicted octanol–water partition coefficient (Wildman–Crippen LogP) is 2.57. The van der Waals surface area contributed by atoms with Gasteiger partial charge in [-0.1, -0.05) is 12.1 Å². The molecule has 0 aliphatic heterocycles. The first-order valence-corrected chi connectivity index (χ1v) is 3.84. The van der Waals surface area contributed by atoms with Crippen molar-refractivity contribution in [1.82, 2.24) is 11.5 Å². The third kappa shape index (κ3) is 3.25. The van der Waals surface area contributed by atoms with E-state index in [0.29, 0.717) is 0 Å². The lowest BCUT2D eigenvalue weighted by Gasteiger charge is -2.00. The van der Waals surface area contributed by atoms with Gasteiger partial charge in [0.15, 0.2) is 0 Å². The number of benzene rings is 1. The molecule has 3 heteroatoms. The van der Waals surface area contributed by atoms with Crippen molar-refractivity contribution in [3.05, 3.63) is 41.8 Å². The molecule has 72 valence electrons. The summed E-state index contributed by atoms with van der Waals surface area (Å²) in [6.07, 6.45) is 1.88. The van der Waals surface area contributed by atoms with Crippen LogP contribution in [0, 0.1) is 5.82 Å². The molecule has 0 heterocycles. The molecule has 1 aromatic carbocycles. The van der Waals surface area contributed by atoms with Crippen molar-refractivity contribution in [3.63, 3.8) is 0 Å². The van der Waals surface area contributed by atoms with Gasteiger partial charge in [0.1, 0.15) is 5.82 Å². The summed E-state index contributed by atoms with van der Waals surface area (Å²) < 4.78 is 12.5. The van der Waals surface area contributed by atoms with E-state index < -0.39 is 0 Å². The Morgan fingerprint density at radius 2 is 1.85 bits per heavy atom. The van der Waals surface area contributed by atoms with E-state index in [1.807, 2.05) is 20.2 Å². The van der Waals surface area contributed by atoms with Crippen molar-refractivity contribution in [2.45, 2.75) is 6.92 Å². The number of hydrogen-bond acceptors (Lipinski definition) is 2. The maximum atomic E-state index is 12.5. The van der Waals surface area contributed by atoms with Gasteiger partial charge in [0.25, 0.3) is 0 Å². The maximum Gasteiger partial charge on any atom is 0.123 e. The van der Waals surface area contributed by atoms with Gasteiger partial charge >= 0.3 is 0 Å². The van der Waals surface area contributed by atoms with Gasteiger partial charge in [-0.05, 0) is 36.4 Å². The van der Waals surface area contributed by atoms with Crippen LogP contribution in [0.15, 0.2) is 30.5 Å². The largest absolute Gasteiger partial charge is 0.394 e. The van der Waals surface area contributed by atoms with Crippen molar-refractivity contribution in [1.29, 1.82) is 0 Å². The Bertz CT molecular complexity index is 277. The van der Waals surface area contributed by atoms with Crippen LogP contribution in [-0.2, 0) is 0 Å². The van der Waals surface area contributed by atoms with Crippen LogP contribution in [0.25, 0.3) is 5.57 Å². The highest BCUT2D eigenvalue weighted by molar-refractivity contribution is 5.62. The first kappa shape index (κ1) is 11.6. The van der Waals surface area contributed by atoms with Crippen LogP contribution in [-0.4, -0.2) is 7.05 Å². The summed E-state index contributed by atoms with van der Waals surface area (Å²) >= 11 is 0. The molecule has 0 amide bonds. The Hall–Kier alpha value is -1.35.